The fourth-order valence-electron chi connectivity index (χ4n) is 2.90. The summed E-state index contributed by atoms with van der Waals surface area (Å²) >= 11 is 6.12. The lowest BCUT2D eigenvalue weighted by Crippen LogP contribution is -2.52. The van der Waals surface area contributed by atoms with Crippen LogP contribution in [0.1, 0.15) is 58.1 Å². The van der Waals surface area contributed by atoms with Crippen LogP contribution in [0.2, 0.25) is 5.02 Å². The first kappa shape index (κ1) is 17.5. The Hall–Kier alpha value is -0.570. The Morgan fingerprint density at radius 2 is 2.05 bits per heavy atom. The van der Waals surface area contributed by atoms with E-state index in [1.807, 2.05) is 12.1 Å². The second kappa shape index (κ2) is 8.02. The van der Waals surface area contributed by atoms with Crippen LogP contribution in [0.5, 0.6) is 0 Å². The molecule has 1 rings (SSSR count). The maximum Gasteiger partial charge on any atom is 0.0409 e. The van der Waals surface area contributed by atoms with E-state index in [9.17, 15) is 0 Å². The summed E-state index contributed by atoms with van der Waals surface area (Å²) in [4.78, 5) is 2.44. The number of hydrogen-bond acceptors (Lipinski definition) is 2. The molecule has 0 spiro atoms. The summed E-state index contributed by atoms with van der Waals surface area (Å²) in [5, 5.41) is 0.797. The summed E-state index contributed by atoms with van der Waals surface area (Å²) in [7, 11) is 2.19. The molecular formula is C17H29ClN2. The van der Waals surface area contributed by atoms with Crippen molar-refractivity contribution in [2.75, 3.05) is 13.6 Å². The smallest absolute Gasteiger partial charge is 0.0409 e. The van der Waals surface area contributed by atoms with Crippen molar-refractivity contribution in [1.29, 1.82) is 0 Å². The van der Waals surface area contributed by atoms with Gasteiger partial charge in [-0.05, 0) is 44.5 Å². The molecule has 20 heavy (non-hydrogen) atoms. The molecule has 0 radical (unpaired) electrons. The normalized spacial score (nSPS) is 16.1. The summed E-state index contributed by atoms with van der Waals surface area (Å²) < 4.78 is 0. The number of nitrogens with two attached hydrogens (primary N) is 1. The van der Waals surface area contributed by atoms with E-state index >= 15 is 0 Å². The summed E-state index contributed by atoms with van der Waals surface area (Å²) in [5.41, 5.74) is 7.47. The van der Waals surface area contributed by atoms with Crippen LogP contribution < -0.4 is 5.73 Å². The first-order chi connectivity index (χ1) is 9.50. The SMILES string of the molecule is CCCCC(CC)(CN)N(C)C(C)c1cccc(Cl)c1. The zero-order valence-electron chi connectivity index (χ0n) is 13.3. The van der Waals surface area contributed by atoms with E-state index in [0.29, 0.717) is 12.6 Å². The van der Waals surface area contributed by atoms with Crippen LogP contribution in [-0.2, 0) is 0 Å². The van der Waals surface area contributed by atoms with Crippen molar-refractivity contribution in [3.8, 4) is 0 Å². The molecular weight excluding hydrogens is 268 g/mol. The standard InChI is InChI=1S/C17H29ClN2/c1-5-7-11-17(6-2,13-19)20(4)14(3)15-9-8-10-16(18)12-15/h8-10,12,14H,5-7,11,13,19H2,1-4H3. The van der Waals surface area contributed by atoms with E-state index in [-0.39, 0.29) is 5.54 Å². The summed E-state index contributed by atoms with van der Waals surface area (Å²) in [6.45, 7) is 7.41. The van der Waals surface area contributed by atoms with Gasteiger partial charge in [-0.3, -0.25) is 4.90 Å². The van der Waals surface area contributed by atoms with Gasteiger partial charge in [0.25, 0.3) is 0 Å². The molecule has 0 aliphatic heterocycles. The zero-order chi connectivity index (χ0) is 15.2. The quantitative estimate of drug-likeness (QED) is 0.758. The molecule has 0 aliphatic carbocycles. The van der Waals surface area contributed by atoms with Gasteiger partial charge >= 0.3 is 0 Å². The van der Waals surface area contributed by atoms with E-state index in [1.54, 1.807) is 0 Å². The van der Waals surface area contributed by atoms with Gasteiger partial charge in [-0.2, -0.15) is 0 Å². The molecule has 1 aromatic rings. The average molecular weight is 297 g/mol. The van der Waals surface area contributed by atoms with Crippen molar-refractivity contribution in [3.05, 3.63) is 34.9 Å². The van der Waals surface area contributed by atoms with E-state index in [1.165, 1.54) is 18.4 Å². The van der Waals surface area contributed by atoms with Crippen LogP contribution >= 0.6 is 11.6 Å². The maximum atomic E-state index is 6.14. The Kier molecular flexibility index (Phi) is 7.01. The number of halogens is 1. The van der Waals surface area contributed by atoms with Crippen LogP contribution in [0.4, 0.5) is 0 Å². The molecule has 0 amide bonds. The fourth-order valence-corrected chi connectivity index (χ4v) is 3.10. The largest absolute Gasteiger partial charge is 0.329 e. The first-order valence-electron chi connectivity index (χ1n) is 7.69. The molecule has 1 aromatic carbocycles. The zero-order valence-corrected chi connectivity index (χ0v) is 14.1. The van der Waals surface area contributed by atoms with Crippen molar-refractivity contribution in [2.24, 2.45) is 5.73 Å². The van der Waals surface area contributed by atoms with E-state index in [0.717, 1.165) is 17.9 Å². The Morgan fingerprint density at radius 1 is 1.35 bits per heavy atom. The molecule has 3 heteroatoms. The molecule has 0 heterocycles. The minimum absolute atomic E-state index is 0.0811. The highest BCUT2D eigenvalue weighted by Gasteiger charge is 2.33. The number of unbranched alkanes of at least 4 members (excludes halogenated alkanes) is 1. The second-order valence-corrected chi connectivity index (χ2v) is 6.16. The van der Waals surface area contributed by atoms with E-state index < -0.39 is 0 Å². The highest BCUT2D eigenvalue weighted by molar-refractivity contribution is 6.30. The van der Waals surface area contributed by atoms with Crippen molar-refractivity contribution in [1.82, 2.24) is 4.90 Å². The van der Waals surface area contributed by atoms with Gasteiger partial charge in [0.1, 0.15) is 0 Å². The molecule has 0 aromatic heterocycles. The average Bonchev–Trinajstić information content (AvgIpc) is 2.47. The molecule has 0 fully saturated rings. The summed E-state index contributed by atoms with van der Waals surface area (Å²) in [5.74, 6) is 0. The van der Waals surface area contributed by atoms with Gasteiger partial charge in [0.2, 0.25) is 0 Å². The molecule has 2 atom stereocenters. The Bertz CT molecular complexity index is 402. The van der Waals surface area contributed by atoms with Crippen molar-refractivity contribution < 1.29 is 0 Å². The number of nitrogens with zero attached hydrogens (tertiary/aromatic N) is 1. The monoisotopic (exact) mass is 296 g/mol. The van der Waals surface area contributed by atoms with Crippen LogP contribution in [0, 0.1) is 0 Å². The van der Waals surface area contributed by atoms with Gasteiger partial charge in [0, 0.05) is 23.1 Å². The van der Waals surface area contributed by atoms with E-state index in [4.69, 9.17) is 17.3 Å². The third-order valence-corrected chi connectivity index (χ3v) is 4.93. The molecule has 0 saturated carbocycles. The highest BCUT2D eigenvalue weighted by Crippen LogP contribution is 2.32. The fraction of sp³-hybridized carbons (Fsp3) is 0.647. The Morgan fingerprint density at radius 3 is 2.55 bits per heavy atom. The third kappa shape index (κ3) is 3.97. The van der Waals surface area contributed by atoms with Crippen LogP contribution in [0.15, 0.2) is 24.3 Å². The van der Waals surface area contributed by atoms with Gasteiger partial charge < -0.3 is 5.73 Å². The summed E-state index contributed by atoms with van der Waals surface area (Å²) in [6.07, 6.45) is 4.65. The molecule has 2 N–H and O–H groups in total. The second-order valence-electron chi connectivity index (χ2n) is 5.73. The van der Waals surface area contributed by atoms with Crippen LogP contribution in [-0.4, -0.2) is 24.0 Å². The number of hydrogen-bond donors (Lipinski definition) is 1. The number of benzene rings is 1. The lowest BCUT2D eigenvalue weighted by atomic mass is 9.86. The predicted molar refractivity (Wildman–Crippen MR) is 89.2 cm³/mol. The van der Waals surface area contributed by atoms with Crippen molar-refractivity contribution >= 4 is 11.6 Å². The van der Waals surface area contributed by atoms with Gasteiger partial charge in [0.05, 0.1) is 0 Å². The van der Waals surface area contributed by atoms with Gasteiger partial charge in [-0.15, -0.1) is 0 Å². The Labute approximate surface area is 129 Å². The third-order valence-electron chi connectivity index (χ3n) is 4.69. The molecule has 0 aliphatic rings. The van der Waals surface area contributed by atoms with Crippen molar-refractivity contribution in [3.63, 3.8) is 0 Å². The van der Waals surface area contributed by atoms with Gasteiger partial charge in [-0.1, -0.05) is 50.4 Å². The lowest BCUT2D eigenvalue weighted by Gasteiger charge is -2.44. The van der Waals surface area contributed by atoms with Crippen LogP contribution in [0.25, 0.3) is 0 Å². The van der Waals surface area contributed by atoms with Crippen LogP contribution in [0.3, 0.4) is 0 Å². The summed E-state index contributed by atoms with van der Waals surface area (Å²) in [6, 6.07) is 8.45. The molecule has 0 bridgehead atoms. The molecule has 0 saturated heterocycles. The molecule has 2 nitrogen and oxygen atoms in total. The predicted octanol–water partition coefficient (Wildman–Crippen LogP) is 4.63. The lowest BCUT2D eigenvalue weighted by molar-refractivity contribution is 0.0694. The Balaban J connectivity index is 2.96. The topological polar surface area (TPSA) is 29.3 Å². The minimum Gasteiger partial charge on any atom is -0.329 e. The van der Waals surface area contributed by atoms with Gasteiger partial charge in [0.15, 0.2) is 0 Å². The van der Waals surface area contributed by atoms with E-state index in [2.05, 4.69) is 44.9 Å². The maximum absolute atomic E-state index is 6.14. The van der Waals surface area contributed by atoms with Gasteiger partial charge in [-0.25, -0.2) is 0 Å². The minimum atomic E-state index is 0.0811. The molecule has 2 unspecified atom stereocenters. The van der Waals surface area contributed by atoms with Crippen molar-refractivity contribution in [2.45, 2.75) is 58.0 Å². The highest BCUT2D eigenvalue weighted by atomic mass is 35.5. The first-order valence-corrected chi connectivity index (χ1v) is 8.07. The molecule has 114 valence electrons. The number of likely N-dealkylation sites (N-methyl/N-ethyl adjacent to an activating group) is 1. The number of rotatable bonds is 8.